The molecule has 0 spiro atoms. The molecule has 0 aliphatic carbocycles. The van der Waals surface area contributed by atoms with Gasteiger partial charge >= 0.3 is 0 Å². The minimum atomic E-state index is -0.221. The van der Waals surface area contributed by atoms with Crippen molar-refractivity contribution in [2.45, 2.75) is 19.8 Å². The van der Waals surface area contributed by atoms with Crippen molar-refractivity contribution in [3.63, 3.8) is 0 Å². The minimum absolute atomic E-state index is 0.221. The molecule has 1 aromatic rings. The fourth-order valence-corrected chi connectivity index (χ4v) is 2.34. The second-order valence-corrected chi connectivity index (χ2v) is 5.23. The number of pyridine rings is 1. The van der Waals surface area contributed by atoms with Crippen LogP contribution in [0.2, 0.25) is 5.02 Å². The van der Waals surface area contributed by atoms with Crippen LogP contribution in [0.15, 0.2) is 12.1 Å². The molecule has 1 fully saturated rings. The predicted octanol–water partition coefficient (Wildman–Crippen LogP) is 2.32. The largest absolute Gasteiger partial charge is 0.381 e. The van der Waals surface area contributed by atoms with E-state index in [9.17, 15) is 4.79 Å². The molecule has 110 valence electrons. The molecule has 0 radical (unpaired) electrons. The summed E-state index contributed by atoms with van der Waals surface area (Å²) in [6.45, 7) is 4.91. The Kier molecular flexibility index (Phi) is 5.61. The summed E-state index contributed by atoms with van der Waals surface area (Å²) in [4.78, 5) is 16.4. The average Bonchev–Trinajstić information content (AvgIpc) is 2.48. The molecule has 1 aliphatic rings. The third-order valence-electron chi connectivity index (χ3n) is 3.31. The van der Waals surface area contributed by atoms with E-state index in [1.54, 1.807) is 12.1 Å². The number of hydrogen-bond donors (Lipinski definition) is 2. The second kappa shape index (κ2) is 7.45. The molecule has 0 unspecified atom stereocenters. The number of hydrogen-bond acceptors (Lipinski definition) is 4. The van der Waals surface area contributed by atoms with E-state index in [4.69, 9.17) is 16.3 Å². The maximum atomic E-state index is 12.1. The van der Waals surface area contributed by atoms with E-state index in [1.807, 2.05) is 6.92 Å². The van der Waals surface area contributed by atoms with Gasteiger partial charge in [-0.05, 0) is 37.8 Å². The number of nitrogens with zero attached hydrogens (tertiary/aromatic N) is 1. The van der Waals surface area contributed by atoms with Crippen LogP contribution in [0.1, 0.15) is 30.3 Å². The van der Waals surface area contributed by atoms with Gasteiger partial charge in [-0.2, -0.15) is 0 Å². The number of ether oxygens (including phenoxy) is 1. The maximum Gasteiger partial charge on any atom is 0.271 e. The summed E-state index contributed by atoms with van der Waals surface area (Å²) in [5, 5.41) is 6.35. The van der Waals surface area contributed by atoms with Crippen molar-refractivity contribution in [1.82, 2.24) is 10.3 Å². The number of halogens is 1. The molecule has 0 aromatic carbocycles. The summed E-state index contributed by atoms with van der Waals surface area (Å²) in [5.41, 5.74) is 0.275. The Bertz CT molecular complexity index is 462. The zero-order chi connectivity index (χ0) is 14.4. The topological polar surface area (TPSA) is 63.2 Å². The highest BCUT2D eigenvalue weighted by Crippen LogP contribution is 2.17. The van der Waals surface area contributed by atoms with Crippen molar-refractivity contribution in [3.8, 4) is 0 Å². The molecule has 2 rings (SSSR count). The molecule has 2 N–H and O–H groups in total. The number of carbonyl (C=O) groups is 1. The quantitative estimate of drug-likeness (QED) is 0.875. The van der Waals surface area contributed by atoms with Crippen LogP contribution in [0.4, 0.5) is 5.82 Å². The Morgan fingerprint density at radius 2 is 2.20 bits per heavy atom. The number of amides is 1. The molecule has 2 heterocycles. The molecule has 0 atom stereocenters. The van der Waals surface area contributed by atoms with E-state index in [0.29, 0.717) is 23.3 Å². The molecule has 1 aliphatic heterocycles. The second-order valence-electron chi connectivity index (χ2n) is 4.82. The molecule has 5 nitrogen and oxygen atoms in total. The third-order valence-corrected chi connectivity index (χ3v) is 3.62. The van der Waals surface area contributed by atoms with Crippen molar-refractivity contribution in [1.29, 1.82) is 0 Å². The number of aromatic nitrogens is 1. The van der Waals surface area contributed by atoms with E-state index >= 15 is 0 Å². The number of carbonyl (C=O) groups excluding carboxylic acids is 1. The summed E-state index contributed by atoms with van der Waals surface area (Å²) in [5.74, 6) is 0.915. The molecule has 0 bridgehead atoms. The highest BCUT2D eigenvalue weighted by Gasteiger charge is 2.17. The minimum Gasteiger partial charge on any atom is -0.381 e. The first kappa shape index (κ1) is 15.1. The molecule has 0 saturated carbocycles. The van der Waals surface area contributed by atoms with Gasteiger partial charge in [0.05, 0.1) is 5.02 Å². The Morgan fingerprint density at radius 3 is 2.90 bits per heavy atom. The van der Waals surface area contributed by atoms with Crippen LogP contribution in [0.5, 0.6) is 0 Å². The average molecular weight is 298 g/mol. The van der Waals surface area contributed by atoms with E-state index in [0.717, 1.165) is 32.6 Å². The van der Waals surface area contributed by atoms with Crippen LogP contribution in [0.25, 0.3) is 0 Å². The molecule has 1 saturated heterocycles. The van der Waals surface area contributed by atoms with E-state index in [2.05, 4.69) is 15.6 Å². The normalized spacial score (nSPS) is 15.9. The standard InChI is InChI=1S/C14H20ClN3O2/c1-2-16-12-4-3-11(15)13(18-12)14(19)17-9-10-5-7-20-8-6-10/h3-4,10H,2,5-9H2,1H3,(H,16,18)(H,17,19). The zero-order valence-electron chi connectivity index (χ0n) is 11.6. The van der Waals surface area contributed by atoms with Crippen LogP contribution in [0.3, 0.4) is 0 Å². The lowest BCUT2D eigenvalue weighted by atomic mass is 10.0. The predicted molar refractivity (Wildman–Crippen MR) is 79.3 cm³/mol. The smallest absolute Gasteiger partial charge is 0.271 e. The fourth-order valence-electron chi connectivity index (χ4n) is 2.15. The van der Waals surface area contributed by atoms with Gasteiger partial charge in [0.1, 0.15) is 11.5 Å². The lowest BCUT2D eigenvalue weighted by Crippen LogP contribution is -2.32. The first-order valence-corrected chi connectivity index (χ1v) is 7.35. The van der Waals surface area contributed by atoms with E-state index < -0.39 is 0 Å². The van der Waals surface area contributed by atoms with E-state index in [1.165, 1.54) is 0 Å². The molecule has 6 heteroatoms. The zero-order valence-corrected chi connectivity index (χ0v) is 12.4. The Hall–Kier alpha value is -1.33. The molecular weight excluding hydrogens is 278 g/mol. The van der Waals surface area contributed by atoms with Crippen LogP contribution in [0, 0.1) is 5.92 Å². The van der Waals surface area contributed by atoms with Crippen LogP contribution in [-0.4, -0.2) is 37.2 Å². The van der Waals surface area contributed by atoms with E-state index in [-0.39, 0.29) is 11.6 Å². The van der Waals surface area contributed by atoms with Crippen molar-refractivity contribution >= 4 is 23.3 Å². The molecule has 20 heavy (non-hydrogen) atoms. The van der Waals surface area contributed by atoms with Crippen LogP contribution >= 0.6 is 11.6 Å². The van der Waals surface area contributed by atoms with Gasteiger partial charge in [-0.25, -0.2) is 4.98 Å². The Labute approximate surface area is 124 Å². The fraction of sp³-hybridized carbons (Fsp3) is 0.571. The van der Waals surface area contributed by atoms with Crippen molar-refractivity contribution in [2.24, 2.45) is 5.92 Å². The lowest BCUT2D eigenvalue weighted by molar-refractivity contribution is 0.0642. The van der Waals surface area contributed by atoms with Gasteiger partial charge in [-0.3, -0.25) is 4.79 Å². The highest BCUT2D eigenvalue weighted by atomic mass is 35.5. The van der Waals surface area contributed by atoms with Gasteiger partial charge in [0.15, 0.2) is 0 Å². The SMILES string of the molecule is CCNc1ccc(Cl)c(C(=O)NCC2CCOCC2)n1. The number of anilines is 1. The first-order chi connectivity index (χ1) is 9.70. The summed E-state index contributed by atoms with van der Waals surface area (Å²) in [6, 6.07) is 3.46. The van der Waals surface area contributed by atoms with Crippen molar-refractivity contribution < 1.29 is 9.53 Å². The van der Waals surface area contributed by atoms with Gasteiger partial charge in [-0.1, -0.05) is 11.6 Å². The van der Waals surface area contributed by atoms with Crippen molar-refractivity contribution in [2.75, 3.05) is 31.6 Å². The van der Waals surface area contributed by atoms with Gasteiger partial charge in [0, 0.05) is 26.3 Å². The summed E-state index contributed by atoms with van der Waals surface area (Å²) < 4.78 is 5.30. The maximum absolute atomic E-state index is 12.1. The van der Waals surface area contributed by atoms with Gasteiger partial charge < -0.3 is 15.4 Å². The van der Waals surface area contributed by atoms with Gasteiger partial charge in [0.2, 0.25) is 0 Å². The first-order valence-electron chi connectivity index (χ1n) is 6.97. The summed E-state index contributed by atoms with van der Waals surface area (Å²) >= 11 is 6.04. The molecule has 1 aromatic heterocycles. The Morgan fingerprint density at radius 1 is 1.45 bits per heavy atom. The monoisotopic (exact) mass is 297 g/mol. The Balaban J connectivity index is 1.95. The molecule has 1 amide bonds. The van der Waals surface area contributed by atoms with Crippen molar-refractivity contribution in [3.05, 3.63) is 22.8 Å². The highest BCUT2D eigenvalue weighted by molar-refractivity contribution is 6.33. The lowest BCUT2D eigenvalue weighted by Gasteiger charge is -2.22. The van der Waals surface area contributed by atoms with Crippen LogP contribution < -0.4 is 10.6 Å². The molecular formula is C14H20ClN3O2. The number of rotatable bonds is 5. The van der Waals surface area contributed by atoms with Gasteiger partial charge in [-0.15, -0.1) is 0 Å². The third kappa shape index (κ3) is 4.08. The summed E-state index contributed by atoms with van der Waals surface area (Å²) in [6.07, 6.45) is 1.97. The summed E-state index contributed by atoms with van der Waals surface area (Å²) in [7, 11) is 0. The van der Waals surface area contributed by atoms with Crippen LogP contribution in [-0.2, 0) is 4.74 Å². The van der Waals surface area contributed by atoms with Gasteiger partial charge in [0.25, 0.3) is 5.91 Å². The number of nitrogens with one attached hydrogen (secondary N) is 2.